The molecule has 0 bridgehead atoms. The summed E-state index contributed by atoms with van der Waals surface area (Å²) in [6, 6.07) is 10.1. The minimum absolute atomic E-state index is 0.159. The zero-order valence-electron chi connectivity index (χ0n) is 17.3. The average Bonchev–Trinajstić information content (AvgIpc) is 3.11. The highest BCUT2D eigenvalue weighted by atomic mass is 19.4. The second kappa shape index (κ2) is 7.89. The smallest absolute Gasteiger partial charge is 0.354 e. The molecule has 0 saturated carbocycles. The van der Waals surface area contributed by atoms with Crippen molar-refractivity contribution in [1.82, 2.24) is 14.9 Å². The summed E-state index contributed by atoms with van der Waals surface area (Å²) in [6.45, 7) is 4.10. The van der Waals surface area contributed by atoms with Gasteiger partial charge in [0, 0.05) is 30.6 Å². The molecule has 0 aliphatic carbocycles. The Kier molecular flexibility index (Phi) is 5.36. The predicted molar refractivity (Wildman–Crippen MR) is 112 cm³/mol. The topological polar surface area (TPSA) is 59.3 Å². The lowest BCUT2D eigenvalue weighted by molar-refractivity contribution is -0.137. The van der Waals surface area contributed by atoms with Crippen LogP contribution >= 0.6 is 0 Å². The van der Waals surface area contributed by atoms with Gasteiger partial charge in [-0.15, -0.1) is 0 Å². The molecule has 0 amide bonds. The third-order valence-electron chi connectivity index (χ3n) is 5.71. The van der Waals surface area contributed by atoms with E-state index in [9.17, 15) is 22.4 Å². The maximum Gasteiger partial charge on any atom is 0.416 e. The summed E-state index contributed by atoms with van der Waals surface area (Å²) in [7, 11) is 0. The molecule has 0 unspecified atom stereocenters. The number of nitrogens with zero attached hydrogens (tertiary/aromatic N) is 3. The molecule has 1 aliphatic heterocycles. The number of aryl methyl sites for hydroxylation is 1. The summed E-state index contributed by atoms with van der Waals surface area (Å²) in [5.41, 5.74) is -0.462. The molecule has 1 aromatic carbocycles. The molecule has 4 rings (SSSR count). The molecule has 1 N–H and O–H groups in total. The number of rotatable bonds is 4. The number of amidine groups is 1. The normalized spacial score (nSPS) is 20.7. The highest BCUT2D eigenvalue weighted by Gasteiger charge is 2.46. The van der Waals surface area contributed by atoms with Crippen LogP contribution in [-0.2, 0) is 18.3 Å². The molecule has 0 fully saturated rings. The number of nitrogens with one attached hydrogen (secondary N) is 1. The van der Waals surface area contributed by atoms with E-state index in [4.69, 9.17) is 4.99 Å². The van der Waals surface area contributed by atoms with E-state index in [0.717, 1.165) is 12.1 Å². The highest BCUT2D eigenvalue weighted by Crippen LogP contribution is 2.40. The van der Waals surface area contributed by atoms with E-state index in [0.29, 0.717) is 29.1 Å². The third kappa shape index (κ3) is 3.68. The third-order valence-corrected chi connectivity index (χ3v) is 5.71. The minimum Gasteiger partial charge on any atom is -0.354 e. The van der Waals surface area contributed by atoms with Crippen LogP contribution in [0.1, 0.15) is 36.1 Å². The van der Waals surface area contributed by atoms with Crippen LogP contribution in [0, 0.1) is 5.95 Å². The Hall–Kier alpha value is -3.49. The first-order valence-corrected chi connectivity index (χ1v) is 10.0. The number of hydrogen-bond acceptors (Lipinski definition) is 4. The van der Waals surface area contributed by atoms with Gasteiger partial charge in [0.15, 0.2) is 0 Å². The number of pyridine rings is 2. The highest BCUT2D eigenvalue weighted by molar-refractivity contribution is 6.01. The van der Waals surface area contributed by atoms with Crippen molar-refractivity contribution in [2.75, 3.05) is 0 Å². The fourth-order valence-corrected chi connectivity index (χ4v) is 4.04. The summed E-state index contributed by atoms with van der Waals surface area (Å²) in [6.07, 6.45) is -1.50. The molecule has 2 aromatic heterocycles. The number of hydrogen-bond donors (Lipinski definition) is 1. The van der Waals surface area contributed by atoms with E-state index in [1.807, 2.05) is 6.92 Å². The van der Waals surface area contributed by atoms with Crippen LogP contribution in [0.25, 0.3) is 0 Å². The maximum absolute atomic E-state index is 14.1. The van der Waals surface area contributed by atoms with Gasteiger partial charge in [0.25, 0.3) is 5.56 Å². The number of halogens is 4. The monoisotopic (exact) mass is 444 g/mol. The van der Waals surface area contributed by atoms with Crippen molar-refractivity contribution in [3.05, 3.63) is 99.5 Å². The number of alkyl halides is 3. The van der Waals surface area contributed by atoms with Crippen molar-refractivity contribution in [1.29, 1.82) is 0 Å². The molecule has 3 heterocycles. The SMILES string of the molecule is CCn1cc(C2=N[C@@H](C)[C@](c3ccc(C(F)(F)F)cc3)(c3ccnc(F)c3)N2)ccc1=O. The van der Waals surface area contributed by atoms with Crippen LogP contribution in [-0.4, -0.2) is 21.4 Å². The van der Waals surface area contributed by atoms with Crippen LogP contribution < -0.4 is 10.9 Å². The fourth-order valence-electron chi connectivity index (χ4n) is 4.04. The Morgan fingerprint density at radius 3 is 2.44 bits per heavy atom. The second-order valence-electron chi connectivity index (χ2n) is 7.57. The van der Waals surface area contributed by atoms with E-state index >= 15 is 0 Å². The zero-order chi connectivity index (χ0) is 23.1. The predicted octanol–water partition coefficient (Wildman–Crippen LogP) is 4.10. The van der Waals surface area contributed by atoms with Crippen molar-refractivity contribution in [2.45, 2.75) is 38.1 Å². The van der Waals surface area contributed by atoms with Gasteiger partial charge >= 0.3 is 6.18 Å². The zero-order valence-corrected chi connectivity index (χ0v) is 17.3. The summed E-state index contributed by atoms with van der Waals surface area (Å²) >= 11 is 0. The Labute approximate surface area is 181 Å². The molecular weight excluding hydrogens is 424 g/mol. The lowest BCUT2D eigenvalue weighted by atomic mass is 9.78. The number of benzene rings is 1. The van der Waals surface area contributed by atoms with Gasteiger partial charge in [0.1, 0.15) is 11.4 Å². The van der Waals surface area contributed by atoms with Crippen molar-refractivity contribution in [3.8, 4) is 0 Å². The van der Waals surface area contributed by atoms with E-state index < -0.39 is 29.3 Å². The molecule has 2 atom stereocenters. The number of aliphatic imine (C=N–C) groups is 1. The molecule has 32 heavy (non-hydrogen) atoms. The van der Waals surface area contributed by atoms with E-state index in [-0.39, 0.29) is 5.56 Å². The molecule has 166 valence electrons. The van der Waals surface area contributed by atoms with Crippen molar-refractivity contribution in [2.24, 2.45) is 4.99 Å². The summed E-state index contributed by atoms with van der Waals surface area (Å²) in [5, 5.41) is 3.32. The van der Waals surface area contributed by atoms with Crippen molar-refractivity contribution < 1.29 is 17.6 Å². The summed E-state index contributed by atoms with van der Waals surface area (Å²) in [4.78, 5) is 20.3. The van der Waals surface area contributed by atoms with E-state index in [1.54, 1.807) is 25.3 Å². The lowest BCUT2D eigenvalue weighted by Gasteiger charge is -2.35. The molecule has 0 radical (unpaired) electrons. The summed E-state index contributed by atoms with van der Waals surface area (Å²) < 4.78 is 54.9. The molecule has 9 heteroatoms. The summed E-state index contributed by atoms with van der Waals surface area (Å²) in [5.74, 6) is -0.257. The number of aromatic nitrogens is 2. The quantitative estimate of drug-likeness (QED) is 0.487. The van der Waals surface area contributed by atoms with E-state index in [1.165, 1.54) is 35.0 Å². The standard InChI is InChI=1S/C23H20F4N4O/c1-3-31-13-15(4-9-20(31)32)21-29-14(2)22(30-21,18-10-11-28-19(24)12-18)16-5-7-17(8-6-16)23(25,26)27/h4-14H,3H2,1-2H3,(H,29,30)/t14-,22-/m0/s1. The average molecular weight is 444 g/mol. The van der Waals surface area contributed by atoms with Gasteiger partial charge in [-0.05, 0) is 55.3 Å². The van der Waals surface area contributed by atoms with Gasteiger partial charge in [0.05, 0.1) is 11.6 Å². The van der Waals surface area contributed by atoms with Crippen LogP contribution in [0.4, 0.5) is 17.6 Å². The molecular formula is C23H20F4N4O. The van der Waals surface area contributed by atoms with Gasteiger partial charge < -0.3 is 9.88 Å². The van der Waals surface area contributed by atoms with Crippen LogP contribution in [0.15, 0.2) is 70.7 Å². The van der Waals surface area contributed by atoms with Gasteiger partial charge in [-0.25, -0.2) is 4.98 Å². The van der Waals surface area contributed by atoms with Crippen LogP contribution in [0.5, 0.6) is 0 Å². The first-order valence-electron chi connectivity index (χ1n) is 10.0. The molecule has 1 aliphatic rings. The van der Waals surface area contributed by atoms with Gasteiger partial charge in [-0.3, -0.25) is 9.79 Å². The Morgan fingerprint density at radius 1 is 1.09 bits per heavy atom. The Balaban J connectivity index is 1.84. The first kappa shape index (κ1) is 21.7. The maximum atomic E-state index is 14.1. The first-order chi connectivity index (χ1) is 15.1. The van der Waals surface area contributed by atoms with Gasteiger partial charge in [-0.1, -0.05) is 12.1 Å². The largest absolute Gasteiger partial charge is 0.416 e. The minimum atomic E-state index is -4.47. The van der Waals surface area contributed by atoms with Gasteiger partial charge in [0.2, 0.25) is 5.95 Å². The Bertz CT molecular complexity index is 1230. The van der Waals surface area contributed by atoms with Crippen LogP contribution in [0.2, 0.25) is 0 Å². The van der Waals surface area contributed by atoms with Crippen LogP contribution in [0.3, 0.4) is 0 Å². The fraction of sp³-hybridized carbons (Fsp3) is 0.261. The second-order valence-corrected chi connectivity index (χ2v) is 7.57. The molecule has 3 aromatic rings. The van der Waals surface area contributed by atoms with E-state index in [2.05, 4.69) is 10.3 Å². The lowest BCUT2D eigenvalue weighted by Crippen LogP contribution is -2.48. The van der Waals surface area contributed by atoms with Crippen molar-refractivity contribution >= 4 is 5.84 Å². The molecule has 0 saturated heterocycles. The van der Waals surface area contributed by atoms with Crippen molar-refractivity contribution in [3.63, 3.8) is 0 Å². The Morgan fingerprint density at radius 2 is 1.81 bits per heavy atom. The molecule has 0 spiro atoms. The molecule has 5 nitrogen and oxygen atoms in total. The van der Waals surface area contributed by atoms with Gasteiger partial charge in [-0.2, -0.15) is 17.6 Å².